The lowest BCUT2D eigenvalue weighted by atomic mass is 9.74. The molecule has 0 saturated carbocycles. The summed E-state index contributed by atoms with van der Waals surface area (Å²) in [4.78, 5) is 39.1. The molecule has 0 unspecified atom stereocenters. The number of aryl methyl sites for hydroxylation is 1. The molecule has 1 fully saturated rings. The highest BCUT2D eigenvalue weighted by molar-refractivity contribution is 6.29. The standard InChI is InChI=1S/C26H29ClFN5O2/c1-17(2)13-23(34)31-15-26(16-31)18-7-3-4-8-19(18)33(25(26)35)14-22-30-24-20(9-10-21(27)29-24)32(22)12-6-5-11-28/h3-4,7-10,17H,5-6,11-16H2,1-2H3. The molecule has 3 aromatic rings. The number of halogens is 2. The number of likely N-dealkylation sites (tertiary alicyclic amines) is 1. The Morgan fingerprint density at radius 2 is 1.91 bits per heavy atom. The van der Waals surface area contributed by atoms with E-state index in [4.69, 9.17) is 16.6 Å². The molecule has 0 N–H and O–H groups in total. The number of para-hydroxylation sites is 1. The lowest BCUT2D eigenvalue weighted by Gasteiger charge is -2.47. The maximum Gasteiger partial charge on any atom is 0.241 e. The van der Waals surface area contributed by atoms with Crippen LogP contribution in [0.3, 0.4) is 0 Å². The van der Waals surface area contributed by atoms with E-state index in [0.717, 1.165) is 16.8 Å². The molecule has 35 heavy (non-hydrogen) atoms. The fourth-order valence-electron chi connectivity index (χ4n) is 5.23. The molecule has 184 valence electrons. The molecule has 7 nitrogen and oxygen atoms in total. The monoisotopic (exact) mass is 497 g/mol. The number of nitrogens with zero attached hydrogens (tertiary/aromatic N) is 5. The van der Waals surface area contributed by atoms with Gasteiger partial charge in [0.2, 0.25) is 11.8 Å². The van der Waals surface area contributed by atoms with E-state index < -0.39 is 5.41 Å². The number of fused-ring (bicyclic) bond motifs is 3. The van der Waals surface area contributed by atoms with Crippen LogP contribution >= 0.6 is 11.6 Å². The Labute approximate surface area is 208 Å². The Hall–Kier alpha value is -3.00. The number of hydrogen-bond donors (Lipinski definition) is 0. The topological polar surface area (TPSA) is 71.3 Å². The SMILES string of the molecule is CC(C)CC(=O)N1CC2(C1)C(=O)N(Cc1nc3nc(Cl)ccc3n1CCCCF)c1ccccc12. The van der Waals surface area contributed by atoms with Gasteiger partial charge in [-0.05, 0) is 42.5 Å². The zero-order valence-electron chi connectivity index (χ0n) is 20.0. The molecule has 1 aromatic carbocycles. The first-order valence-corrected chi connectivity index (χ1v) is 12.5. The van der Waals surface area contributed by atoms with Crippen molar-refractivity contribution in [2.45, 2.75) is 51.6 Å². The fraction of sp³-hybridized carbons (Fsp3) is 0.462. The van der Waals surface area contributed by atoms with E-state index in [1.807, 2.05) is 48.7 Å². The van der Waals surface area contributed by atoms with Crippen molar-refractivity contribution in [2.75, 3.05) is 24.7 Å². The van der Waals surface area contributed by atoms with E-state index in [2.05, 4.69) is 4.98 Å². The van der Waals surface area contributed by atoms with Gasteiger partial charge in [-0.1, -0.05) is 43.6 Å². The molecule has 0 atom stereocenters. The van der Waals surface area contributed by atoms with Crippen LogP contribution in [0.1, 0.15) is 44.5 Å². The van der Waals surface area contributed by atoms with Gasteiger partial charge in [0.25, 0.3) is 0 Å². The summed E-state index contributed by atoms with van der Waals surface area (Å²) in [5, 5.41) is 0.347. The van der Waals surface area contributed by atoms with Crippen LogP contribution in [0.2, 0.25) is 5.15 Å². The third-order valence-corrected chi connectivity index (χ3v) is 7.16. The van der Waals surface area contributed by atoms with E-state index in [0.29, 0.717) is 55.5 Å². The zero-order valence-corrected chi connectivity index (χ0v) is 20.8. The normalized spacial score (nSPS) is 16.4. The molecule has 1 spiro atoms. The van der Waals surface area contributed by atoms with E-state index in [9.17, 15) is 14.0 Å². The third-order valence-electron chi connectivity index (χ3n) is 6.94. The van der Waals surface area contributed by atoms with Crippen LogP contribution in [0.4, 0.5) is 10.1 Å². The Morgan fingerprint density at radius 1 is 1.14 bits per heavy atom. The second-order valence-corrected chi connectivity index (χ2v) is 10.3. The number of carbonyl (C=O) groups excluding carboxylic acids is 2. The van der Waals surface area contributed by atoms with Crippen LogP contribution in [0.25, 0.3) is 11.2 Å². The van der Waals surface area contributed by atoms with Crippen LogP contribution < -0.4 is 4.90 Å². The second kappa shape index (κ2) is 9.22. The van der Waals surface area contributed by atoms with Gasteiger partial charge in [-0.25, -0.2) is 9.97 Å². The van der Waals surface area contributed by atoms with E-state index >= 15 is 0 Å². The van der Waals surface area contributed by atoms with E-state index in [1.54, 1.807) is 15.9 Å². The average Bonchev–Trinajstić information content (AvgIpc) is 3.24. The zero-order chi connectivity index (χ0) is 24.7. The van der Waals surface area contributed by atoms with Crippen molar-refractivity contribution in [1.29, 1.82) is 0 Å². The quantitative estimate of drug-likeness (QED) is 0.339. The number of unbranched alkanes of at least 4 members (excludes halogenated alkanes) is 1. The molecule has 5 rings (SSSR count). The third kappa shape index (κ3) is 4.07. The van der Waals surface area contributed by atoms with Gasteiger partial charge in [0.05, 0.1) is 18.7 Å². The predicted molar refractivity (Wildman–Crippen MR) is 133 cm³/mol. The van der Waals surface area contributed by atoms with Crippen molar-refractivity contribution in [3.05, 3.63) is 52.9 Å². The van der Waals surface area contributed by atoms with Gasteiger partial charge in [-0.15, -0.1) is 0 Å². The first kappa shape index (κ1) is 23.7. The second-order valence-electron chi connectivity index (χ2n) is 9.89. The smallest absolute Gasteiger partial charge is 0.241 e. The van der Waals surface area contributed by atoms with Crippen molar-refractivity contribution < 1.29 is 14.0 Å². The summed E-state index contributed by atoms with van der Waals surface area (Å²) in [7, 11) is 0. The van der Waals surface area contributed by atoms with Gasteiger partial charge in [0, 0.05) is 31.7 Å². The van der Waals surface area contributed by atoms with E-state index in [-0.39, 0.29) is 31.0 Å². The number of hydrogen-bond acceptors (Lipinski definition) is 4. The minimum atomic E-state index is -0.712. The summed E-state index contributed by atoms with van der Waals surface area (Å²) in [5.74, 6) is 1.03. The number of aromatic nitrogens is 3. The van der Waals surface area contributed by atoms with Crippen LogP contribution in [0, 0.1) is 5.92 Å². The van der Waals surface area contributed by atoms with Gasteiger partial charge in [-0.2, -0.15) is 0 Å². The maximum absolute atomic E-state index is 13.9. The summed E-state index contributed by atoms with van der Waals surface area (Å²) in [6.45, 7) is 5.30. The number of amides is 2. The predicted octanol–water partition coefficient (Wildman–Crippen LogP) is 4.51. The van der Waals surface area contributed by atoms with Crippen LogP contribution in [0.15, 0.2) is 36.4 Å². The van der Waals surface area contributed by atoms with Crippen molar-refractivity contribution >= 4 is 40.3 Å². The summed E-state index contributed by atoms with van der Waals surface area (Å²) >= 11 is 6.10. The van der Waals surface area contributed by atoms with Crippen molar-refractivity contribution in [3.63, 3.8) is 0 Å². The molecule has 4 heterocycles. The number of anilines is 1. The highest BCUT2D eigenvalue weighted by Gasteiger charge is 2.59. The first-order valence-electron chi connectivity index (χ1n) is 12.1. The number of pyridine rings is 1. The largest absolute Gasteiger partial charge is 0.340 e. The van der Waals surface area contributed by atoms with Gasteiger partial charge in [0.15, 0.2) is 5.65 Å². The molecule has 0 aliphatic carbocycles. The maximum atomic E-state index is 13.9. The molecule has 1 saturated heterocycles. The lowest BCUT2D eigenvalue weighted by Crippen LogP contribution is -2.65. The highest BCUT2D eigenvalue weighted by atomic mass is 35.5. The van der Waals surface area contributed by atoms with Gasteiger partial charge in [-0.3, -0.25) is 14.0 Å². The summed E-state index contributed by atoms with van der Waals surface area (Å²) in [6.07, 6.45) is 1.59. The molecular weight excluding hydrogens is 469 g/mol. The average molecular weight is 498 g/mol. The van der Waals surface area contributed by atoms with E-state index in [1.165, 1.54) is 0 Å². The molecule has 2 aromatic heterocycles. The van der Waals surface area contributed by atoms with Crippen molar-refractivity contribution in [3.8, 4) is 0 Å². The fourth-order valence-corrected chi connectivity index (χ4v) is 5.37. The number of imidazole rings is 1. The van der Waals surface area contributed by atoms with Gasteiger partial charge < -0.3 is 14.4 Å². The van der Waals surface area contributed by atoms with Gasteiger partial charge >= 0.3 is 0 Å². The number of alkyl halides is 1. The molecule has 0 bridgehead atoms. The van der Waals surface area contributed by atoms with Crippen LogP contribution in [0.5, 0.6) is 0 Å². The Bertz CT molecular complexity index is 1280. The summed E-state index contributed by atoms with van der Waals surface area (Å²) < 4.78 is 14.8. The molecule has 0 radical (unpaired) electrons. The van der Waals surface area contributed by atoms with Crippen LogP contribution in [-0.2, 0) is 28.1 Å². The van der Waals surface area contributed by atoms with Crippen LogP contribution in [-0.4, -0.2) is 51.0 Å². The molecule has 2 aliphatic heterocycles. The molecular formula is C26H29ClFN5O2. The first-order chi connectivity index (χ1) is 16.8. The Kier molecular flexibility index (Phi) is 6.25. The van der Waals surface area contributed by atoms with Crippen molar-refractivity contribution in [1.82, 2.24) is 19.4 Å². The Morgan fingerprint density at radius 3 is 2.66 bits per heavy atom. The minimum Gasteiger partial charge on any atom is -0.340 e. The molecule has 2 amide bonds. The lowest BCUT2D eigenvalue weighted by molar-refractivity contribution is -0.144. The minimum absolute atomic E-state index is 0.0133. The highest BCUT2D eigenvalue weighted by Crippen LogP contribution is 2.48. The molecule has 9 heteroatoms. The number of rotatable bonds is 8. The molecule has 2 aliphatic rings. The van der Waals surface area contributed by atoms with Gasteiger partial charge in [0.1, 0.15) is 16.4 Å². The number of carbonyl (C=O) groups is 2. The summed E-state index contributed by atoms with van der Waals surface area (Å²) in [6, 6.07) is 11.4. The summed E-state index contributed by atoms with van der Waals surface area (Å²) in [5.41, 5.74) is 2.42. The Balaban J connectivity index is 1.46. The van der Waals surface area contributed by atoms with Crippen molar-refractivity contribution in [2.24, 2.45) is 5.92 Å². The number of benzene rings is 1.